The van der Waals surface area contributed by atoms with Gasteiger partial charge in [-0.05, 0) is 12.1 Å². The summed E-state index contributed by atoms with van der Waals surface area (Å²) in [6.07, 6.45) is 0. The van der Waals surface area contributed by atoms with E-state index < -0.39 is 13.6 Å². The first kappa shape index (κ1) is 11.9. The zero-order valence-electron chi connectivity index (χ0n) is 7.77. The van der Waals surface area contributed by atoms with E-state index in [0.717, 1.165) is 6.07 Å². The van der Waals surface area contributed by atoms with E-state index in [2.05, 4.69) is 5.43 Å². The predicted molar refractivity (Wildman–Crippen MR) is 51.8 cm³/mol. The van der Waals surface area contributed by atoms with Gasteiger partial charge in [0.15, 0.2) is 0 Å². The summed E-state index contributed by atoms with van der Waals surface area (Å²) in [5, 5.41) is 1.65. The first-order valence-corrected chi connectivity index (χ1v) is 5.46. The molecule has 0 heterocycles. The van der Waals surface area contributed by atoms with Crippen molar-refractivity contribution in [2.24, 2.45) is 0 Å². The maximum atomic E-state index is 13.1. The molecule has 0 spiro atoms. The van der Waals surface area contributed by atoms with Gasteiger partial charge >= 0.3 is 7.75 Å². The summed E-state index contributed by atoms with van der Waals surface area (Å²) in [5.41, 5.74) is 1.95. The molecule has 1 rings (SSSR count). The molecular formula is C7H10FN2O4P. The van der Waals surface area contributed by atoms with E-state index in [1.165, 1.54) is 19.2 Å². The second kappa shape index (κ2) is 4.59. The number of halogens is 1. The minimum atomic E-state index is -4.44. The minimum Gasteiger partial charge on any atom is -0.497 e. The van der Waals surface area contributed by atoms with Crippen LogP contribution in [0.4, 0.5) is 10.1 Å². The van der Waals surface area contributed by atoms with Crippen LogP contribution >= 0.6 is 7.75 Å². The van der Waals surface area contributed by atoms with Crippen LogP contribution in [0.3, 0.4) is 0 Å². The molecule has 0 aliphatic carbocycles. The molecule has 0 aromatic heterocycles. The van der Waals surface area contributed by atoms with Gasteiger partial charge in [-0.1, -0.05) is 0 Å². The van der Waals surface area contributed by atoms with E-state index in [0.29, 0.717) is 5.75 Å². The van der Waals surface area contributed by atoms with Crippen LogP contribution in [-0.4, -0.2) is 16.9 Å². The second-order valence-electron chi connectivity index (χ2n) is 2.63. The molecule has 0 amide bonds. The maximum Gasteiger partial charge on any atom is 0.417 e. The van der Waals surface area contributed by atoms with Crippen LogP contribution in [0.5, 0.6) is 5.75 Å². The van der Waals surface area contributed by atoms with E-state index >= 15 is 0 Å². The fourth-order valence-electron chi connectivity index (χ4n) is 0.860. The highest BCUT2D eigenvalue weighted by atomic mass is 31.2. The third-order valence-electron chi connectivity index (χ3n) is 1.51. The molecule has 6 nitrogen and oxygen atoms in total. The third-order valence-corrected chi connectivity index (χ3v) is 1.91. The SMILES string of the molecule is COc1ccc(F)c(NNP(=O)(O)O)c1. The van der Waals surface area contributed by atoms with Crippen molar-refractivity contribution in [3.8, 4) is 5.75 Å². The van der Waals surface area contributed by atoms with Crippen molar-refractivity contribution in [2.75, 3.05) is 12.5 Å². The monoisotopic (exact) mass is 236 g/mol. The molecule has 1 aromatic rings. The van der Waals surface area contributed by atoms with Gasteiger partial charge in [-0.2, -0.15) is 0 Å². The van der Waals surface area contributed by atoms with Crippen molar-refractivity contribution >= 4 is 13.4 Å². The Morgan fingerprint density at radius 3 is 2.67 bits per heavy atom. The van der Waals surface area contributed by atoms with E-state index in [9.17, 15) is 8.96 Å². The molecule has 4 N–H and O–H groups in total. The number of methoxy groups -OCH3 is 1. The molecule has 0 fully saturated rings. The number of hydrogen-bond donors (Lipinski definition) is 4. The molecule has 0 aliphatic heterocycles. The lowest BCUT2D eigenvalue weighted by molar-refractivity contribution is 0.362. The predicted octanol–water partition coefficient (Wildman–Crippen LogP) is 0.843. The standard InChI is InChI=1S/C7H10FN2O4P/c1-14-5-2-3-6(8)7(4-5)9-10-15(11,12)13/h2-4,9H,1H3,(H3,10,11,12,13). The Morgan fingerprint density at radius 2 is 2.13 bits per heavy atom. The van der Waals surface area contributed by atoms with Gasteiger partial charge in [0.2, 0.25) is 0 Å². The van der Waals surface area contributed by atoms with Gasteiger partial charge in [0.25, 0.3) is 0 Å². The number of hydrazine groups is 1. The lowest BCUT2D eigenvalue weighted by Crippen LogP contribution is -2.18. The molecule has 0 unspecified atom stereocenters. The lowest BCUT2D eigenvalue weighted by Gasteiger charge is -2.10. The zero-order chi connectivity index (χ0) is 11.5. The van der Waals surface area contributed by atoms with Crippen LogP contribution in [-0.2, 0) is 4.57 Å². The lowest BCUT2D eigenvalue weighted by atomic mass is 10.3. The first-order chi connectivity index (χ1) is 6.92. The van der Waals surface area contributed by atoms with Crippen molar-refractivity contribution < 1.29 is 23.5 Å². The van der Waals surface area contributed by atoms with Crippen LogP contribution in [0.15, 0.2) is 18.2 Å². The molecule has 8 heteroatoms. The summed E-state index contributed by atoms with van der Waals surface area (Å²) in [6, 6.07) is 3.76. The second-order valence-corrected chi connectivity index (χ2v) is 3.94. The normalized spacial score (nSPS) is 11.2. The summed E-state index contributed by atoms with van der Waals surface area (Å²) < 4.78 is 28.3. The van der Waals surface area contributed by atoms with Gasteiger partial charge in [0.05, 0.1) is 12.8 Å². The van der Waals surface area contributed by atoms with Gasteiger partial charge in [-0.15, -0.1) is 5.20 Å². The molecule has 0 radical (unpaired) electrons. The maximum absolute atomic E-state index is 13.1. The highest BCUT2D eigenvalue weighted by Gasteiger charge is 2.12. The van der Waals surface area contributed by atoms with Crippen LogP contribution in [0.2, 0.25) is 0 Å². The van der Waals surface area contributed by atoms with Gasteiger partial charge in [-0.3, -0.25) is 0 Å². The molecule has 0 saturated heterocycles. The molecule has 0 saturated carbocycles. The third kappa shape index (κ3) is 3.85. The van der Waals surface area contributed by atoms with Gasteiger partial charge < -0.3 is 19.9 Å². The topological polar surface area (TPSA) is 90.8 Å². The Bertz CT molecular complexity index is 395. The van der Waals surface area contributed by atoms with Crippen molar-refractivity contribution in [2.45, 2.75) is 0 Å². The molecule has 0 atom stereocenters. The van der Waals surface area contributed by atoms with Crippen LogP contribution in [0.1, 0.15) is 0 Å². The highest BCUT2D eigenvalue weighted by molar-refractivity contribution is 7.49. The van der Waals surface area contributed by atoms with Crippen LogP contribution in [0, 0.1) is 5.82 Å². The molecule has 15 heavy (non-hydrogen) atoms. The quantitative estimate of drug-likeness (QED) is 0.457. The van der Waals surface area contributed by atoms with Gasteiger partial charge in [-0.25, -0.2) is 8.96 Å². The van der Waals surface area contributed by atoms with Crippen LogP contribution in [0.25, 0.3) is 0 Å². The molecule has 0 aliphatic rings. The van der Waals surface area contributed by atoms with Crippen molar-refractivity contribution in [3.05, 3.63) is 24.0 Å². The number of hydrogen-bond acceptors (Lipinski definition) is 3. The Labute approximate surface area is 85.3 Å². The summed E-state index contributed by atoms with van der Waals surface area (Å²) in [6.45, 7) is 0. The molecular weight excluding hydrogens is 226 g/mol. The summed E-state index contributed by atoms with van der Waals surface area (Å²) in [7, 11) is -3.05. The summed E-state index contributed by atoms with van der Waals surface area (Å²) in [5.74, 6) is -0.289. The van der Waals surface area contributed by atoms with Gasteiger partial charge in [0.1, 0.15) is 11.6 Å². The van der Waals surface area contributed by atoms with E-state index in [1.807, 2.05) is 0 Å². The fraction of sp³-hybridized carbons (Fsp3) is 0.143. The number of benzene rings is 1. The zero-order valence-corrected chi connectivity index (χ0v) is 8.66. The molecule has 84 valence electrons. The number of ether oxygens (including phenoxy) is 1. The smallest absolute Gasteiger partial charge is 0.417 e. The largest absolute Gasteiger partial charge is 0.497 e. The minimum absolute atomic E-state index is 0.113. The van der Waals surface area contributed by atoms with Crippen LogP contribution < -0.4 is 15.4 Å². The van der Waals surface area contributed by atoms with E-state index in [4.69, 9.17) is 14.5 Å². The highest BCUT2D eigenvalue weighted by Crippen LogP contribution is 2.29. The Balaban J connectivity index is 2.80. The summed E-state index contributed by atoms with van der Waals surface area (Å²) >= 11 is 0. The fourth-order valence-corrected chi connectivity index (χ4v) is 1.13. The molecule has 0 bridgehead atoms. The average Bonchev–Trinajstić information content (AvgIpc) is 2.15. The Morgan fingerprint density at radius 1 is 1.47 bits per heavy atom. The van der Waals surface area contributed by atoms with Crippen molar-refractivity contribution in [1.29, 1.82) is 0 Å². The molecule has 1 aromatic carbocycles. The summed E-state index contributed by atoms with van der Waals surface area (Å²) in [4.78, 5) is 17.0. The first-order valence-electron chi connectivity index (χ1n) is 3.85. The van der Waals surface area contributed by atoms with E-state index in [-0.39, 0.29) is 5.69 Å². The number of anilines is 1. The van der Waals surface area contributed by atoms with Gasteiger partial charge in [0, 0.05) is 6.07 Å². The number of rotatable bonds is 4. The average molecular weight is 236 g/mol. The number of nitrogens with one attached hydrogen (secondary N) is 2. The van der Waals surface area contributed by atoms with Crippen molar-refractivity contribution in [3.63, 3.8) is 0 Å². The Hall–Kier alpha value is -1.14. The van der Waals surface area contributed by atoms with E-state index in [1.54, 1.807) is 5.20 Å². The van der Waals surface area contributed by atoms with Crippen molar-refractivity contribution in [1.82, 2.24) is 5.20 Å². The Kier molecular flexibility index (Phi) is 3.65.